The van der Waals surface area contributed by atoms with Gasteiger partial charge in [0, 0.05) is 0 Å². The molecule has 5 N–H and O–H groups in total. The number of carboxylic acids is 1. The first kappa shape index (κ1) is 15.6. The molecular formula is C11H20FN3O2. The molecule has 0 aromatic rings. The zero-order valence-electron chi connectivity index (χ0n) is 10.2. The van der Waals surface area contributed by atoms with Crippen molar-refractivity contribution < 1.29 is 14.3 Å². The number of allylic oxidation sites excluding steroid dienone is 1. The summed E-state index contributed by atoms with van der Waals surface area (Å²) in [7, 11) is 0. The van der Waals surface area contributed by atoms with Crippen LogP contribution in [0.2, 0.25) is 0 Å². The molecule has 0 aliphatic rings. The number of amidine groups is 1. The highest BCUT2D eigenvalue weighted by Crippen LogP contribution is 2.14. The van der Waals surface area contributed by atoms with Gasteiger partial charge in [0.1, 0.15) is 12.2 Å². The molecule has 6 heteroatoms. The molecule has 0 amide bonds. The van der Waals surface area contributed by atoms with Gasteiger partial charge in [-0.3, -0.25) is 9.79 Å². The number of nitrogens with two attached hydrogens (primary N) is 2. The summed E-state index contributed by atoms with van der Waals surface area (Å²) in [6.07, 6.45) is 2.09. The molecule has 17 heavy (non-hydrogen) atoms. The standard InChI is InChI=1S/C11H20FN3O2/c1-8(13)15-6-4-9(7-12)3-5-11(2,14)10(16)17/h4H,3,5-7,14H2,1-2H3,(H2,13,15)(H,16,17)/b9-4-/t11-/m0/s1. The lowest BCUT2D eigenvalue weighted by Gasteiger charge is -2.19. The molecule has 0 unspecified atom stereocenters. The fourth-order valence-electron chi connectivity index (χ4n) is 1.07. The minimum Gasteiger partial charge on any atom is -0.480 e. The van der Waals surface area contributed by atoms with Crippen molar-refractivity contribution in [2.24, 2.45) is 16.5 Å². The quantitative estimate of drug-likeness (QED) is 0.351. The van der Waals surface area contributed by atoms with Gasteiger partial charge in [-0.15, -0.1) is 0 Å². The fourth-order valence-corrected chi connectivity index (χ4v) is 1.07. The Morgan fingerprint density at radius 3 is 2.59 bits per heavy atom. The van der Waals surface area contributed by atoms with Gasteiger partial charge in [0.05, 0.1) is 12.4 Å². The minimum absolute atomic E-state index is 0.184. The Balaban J connectivity index is 4.33. The normalized spacial score (nSPS) is 16.7. The SMILES string of the molecule is CC(N)=NC/C=C(\CF)CC[C@](C)(N)C(=O)O. The second-order valence-corrected chi connectivity index (χ2v) is 4.20. The summed E-state index contributed by atoms with van der Waals surface area (Å²) in [5.41, 5.74) is 10.0. The van der Waals surface area contributed by atoms with Gasteiger partial charge in [-0.05, 0) is 32.3 Å². The van der Waals surface area contributed by atoms with E-state index in [0.717, 1.165) is 0 Å². The highest BCUT2D eigenvalue weighted by Gasteiger charge is 2.27. The maximum absolute atomic E-state index is 12.6. The molecule has 0 radical (unpaired) electrons. The highest BCUT2D eigenvalue weighted by molar-refractivity contribution is 5.78. The summed E-state index contributed by atoms with van der Waals surface area (Å²) in [6, 6.07) is 0. The number of rotatable bonds is 7. The number of aliphatic imine (C=N–C) groups is 1. The number of aliphatic carboxylic acids is 1. The fraction of sp³-hybridized carbons (Fsp3) is 0.636. The maximum Gasteiger partial charge on any atom is 0.323 e. The Morgan fingerprint density at radius 2 is 2.18 bits per heavy atom. The van der Waals surface area contributed by atoms with Crippen LogP contribution in [0, 0.1) is 0 Å². The van der Waals surface area contributed by atoms with Gasteiger partial charge in [-0.1, -0.05) is 6.08 Å². The second-order valence-electron chi connectivity index (χ2n) is 4.20. The van der Waals surface area contributed by atoms with E-state index >= 15 is 0 Å². The Kier molecular flexibility index (Phi) is 6.42. The predicted molar refractivity (Wildman–Crippen MR) is 65.7 cm³/mol. The summed E-state index contributed by atoms with van der Waals surface area (Å²) in [5.74, 6) is -0.666. The zero-order chi connectivity index (χ0) is 13.5. The van der Waals surface area contributed by atoms with E-state index < -0.39 is 18.2 Å². The van der Waals surface area contributed by atoms with Crippen LogP contribution in [0.1, 0.15) is 26.7 Å². The maximum atomic E-state index is 12.6. The van der Waals surface area contributed by atoms with Crippen molar-refractivity contribution in [2.45, 2.75) is 32.2 Å². The van der Waals surface area contributed by atoms with Crippen molar-refractivity contribution in [1.29, 1.82) is 0 Å². The van der Waals surface area contributed by atoms with E-state index in [2.05, 4.69) is 4.99 Å². The third-order valence-corrected chi connectivity index (χ3v) is 2.35. The van der Waals surface area contributed by atoms with Crippen LogP contribution in [0.4, 0.5) is 4.39 Å². The Bertz CT molecular complexity index is 321. The molecule has 1 atom stereocenters. The van der Waals surface area contributed by atoms with Crippen molar-refractivity contribution in [1.82, 2.24) is 0 Å². The smallest absolute Gasteiger partial charge is 0.323 e. The largest absolute Gasteiger partial charge is 0.480 e. The van der Waals surface area contributed by atoms with Crippen LogP contribution in [0.5, 0.6) is 0 Å². The third kappa shape index (κ3) is 6.68. The zero-order valence-corrected chi connectivity index (χ0v) is 10.2. The third-order valence-electron chi connectivity index (χ3n) is 2.35. The number of hydrogen-bond donors (Lipinski definition) is 3. The van der Waals surface area contributed by atoms with E-state index in [0.29, 0.717) is 24.4 Å². The monoisotopic (exact) mass is 245 g/mol. The molecule has 0 aromatic heterocycles. The average molecular weight is 245 g/mol. The predicted octanol–water partition coefficient (Wildman–Crippen LogP) is 0.842. The number of alkyl halides is 1. The first-order valence-electron chi connectivity index (χ1n) is 5.32. The van der Waals surface area contributed by atoms with Crippen LogP contribution in [0.25, 0.3) is 0 Å². The van der Waals surface area contributed by atoms with Gasteiger partial charge < -0.3 is 16.6 Å². The summed E-state index contributed by atoms with van der Waals surface area (Å²) >= 11 is 0. The Morgan fingerprint density at radius 1 is 1.59 bits per heavy atom. The van der Waals surface area contributed by atoms with E-state index in [1.54, 1.807) is 13.0 Å². The van der Waals surface area contributed by atoms with E-state index in [-0.39, 0.29) is 6.42 Å². The number of hydrogen-bond acceptors (Lipinski definition) is 3. The van der Waals surface area contributed by atoms with Crippen molar-refractivity contribution in [3.05, 3.63) is 11.6 Å². The molecule has 0 spiro atoms. The van der Waals surface area contributed by atoms with E-state index in [4.69, 9.17) is 16.6 Å². The average Bonchev–Trinajstić information content (AvgIpc) is 2.22. The lowest BCUT2D eigenvalue weighted by Crippen LogP contribution is -2.44. The lowest BCUT2D eigenvalue weighted by molar-refractivity contribution is -0.142. The molecule has 0 aliphatic heterocycles. The highest BCUT2D eigenvalue weighted by atomic mass is 19.1. The number of carboxylic acid groups (broad SMARTS) is 1. The number of nitrogens with zero attached hydrogens (tertiary/aromatic N) is 1. The topological polar surface area (TPSA) is 102 Å². The van der Waals surface area contributed by atoms with Crippen LogP contribution in [-0.4, -0.2) is 35.7 Å². The molecule has 0 saturated carbocycles. The molecular weight excluding hydrogens is 225 g/mol. The molecule has 0 heterocycles. The van der Waals surface area contributed by atoms with Crippen LogP contribution < -0.4 is 11.5 Å². The van der Waals surface area contributed by atoms with Gasteiger partial charge in [-0.2, -0.15) is 0 Å². The molecule has 0 rings (SSSR count). The second kappa shape index (κ2) is 7.01. The minimum atomic E-state index is -1.33. The van der Waals surface area contributed by atoms with Crippen molar-refractivity contribution in [2.75, 3.05) is 13.2 Å². The van der Waals surface area contributed by atoms with Crippen molar-refractivity contribution >= 4 is 11.8 Å². The first-order chi connectivity index (χ1) is 7.79. The van der Waals surface area contributed by atoms with Gasteiger partial charge >= 0.3 is 5.97 Å². The van der Waals surface area contributed by atoms with Crippen LogP contribution in [-0.2, 0) is 4.79 Å². The molecule has 0 aromatic carbocycles. The summed E-state index contributed by atoms with van der Waals surface area (Å²) in [6.45, 7) is 2.72. The van der Waals surface area contributed by atoms with Crippen LogP contribution in [0.15, 0.2) is 16.6 Å². The van der Waals surface area contributed by atoms with Gasteiger partial charge in [-0.25, -0.2) is 4.39 Å². The molecule has 0 saturated heterocycles. The molecule has 0 bridgehead atoms. The first-order valence-corrected chi connectivity index (χ1v) is 5.32. The van der Waals surface area contributed by atoms with E-state index in [1.807, 2.05) is 0 Å². The molecule has 0 aliphatic carbocycles. The number of halogens is 1. The van der Waals surface area contributed by atoms with Gasteiger partial charge in [0.15, 0.2) is 0 Å². The molecule has 0 fully saturated rings. The molecule has 98 valence electrons. The van der Waals surface area contributed by atoms with Gasteiger partial charge in [0.2, 0.25) is 0 Å². The van der Waals surface area contributed by atoms with Crippen molar-refractivity contribution in [3.63, 3.8) is 0 Å². The number of carbonyl (C=O) groups is 1. The van der Waals surface area contributed by atoms with E-state index in [1.165, 1.54) is 6.92 Å². The Labute approximate surface area is 100 Å². The van der Waals surface area contributed by atoms with Gasteiger partial charge in [0.25, 0.3) is 0 Å². The van der Waals surface area contributed by atoms with Crippen LogP contribution >= 0.6 is 0 Å². The van der Waals surface area contributed by atoms with E-state index in [9.17, 15) is 9.18 Å². The molecule has 5 nitrogen and oxygen atoms in total. The summed E-state index contributed by atoms with van der Waals surface area (Å²) in [5, 5.41) is 8.80. The van der Waals surface area contributed by atoms with Crippen molar-refractivity contribution in [3.8, 4) is 0 Å². The lowest BCUT2D eigenvalue weighted by atomic mass is 9.94. The summed E-state index contributed by atoms with van der Waals surface area (Å²) in [4.78, 5) is 14.6. The summed E-state index contributed by atoms with van der Waals surface area (Å²) < 4.78 is 12.6. The Hall–Kier alpha value is -1.43. The van der Waals surface area contributed by atoms with Crippen LogP contribution in [0.3, 0.4) is 0 Å².